The second-order valence-electron chi connectivity index (χ2n) is 6.82. The number of H-pyrrole nitrogens is 1. The Labute approximate surface area is 173 Å². The van der Waals surface area contributed by atoms with Gasteiger partial charge in [0, 0.05) is 37.6 Å². The van der Waals surface area contributed by atoms with E-state index in [0.717, 1.165) is 76.5 Å². The smallest absolute Gasteiger partial charge is 0.259 e. The number of fused-ring (bicyclic) bond motifs is 1. The third kappa shape index (κ3) is 5.01. The molecule has 1 saturated heterocycles. The zero-order valence-corrected chi connectivity index (χ0v) is 18.6. The lowest BCUT2D eigenvalue weighted by Crippen LogP contribution is -2.51. The summed E-state index contributed by atoms with van der Waals surface area (Å²) < 4.78 is 0. The number of hydrogen-bond donors (Lipinski definition) is 2. The highest BCUT2D eigenvalue weighted by atomic mass is 32.2. The summed E-state index contributed by atoms with van der Waals surface area (Å²) in [6, 6.07) is 0. The fourth-order valence-electron chi connectivity index (χ4n) is 3.22. The van der Waals surface area contributed by atoms with Crippen LogP contribution < -0.4 is 10.9 Å². The Morgan fingerprint density at radius 2 is 2.07 bits per heavy atom. The van der Waals surface area contributed by atoms with Gasteiger partial charge in [-0.25, -0.2) is 4.98 Å². The van der Waals surface area contributed by atoms with E-state index >= 15 is 0 Å². The van der Waals surface area contributed by atoms with Gasteiger partial charge in [0.05, 0.1) is 11.9 Å². The van der Waals surface area contributed by atoms with Crippen molar-refractivity contribution in [3.63, 3.8) is 0 Å². The van der Waals surface area contributed by atoms with E-state index in [1.54, 1.807) is 11.3 Å². The first-order valence-corrected chi connectivity index (χ1v) is 11.8. The number of nitrogens with zero attached hydrogens (tertiary/aromatic N) is 3. The fourth-order valence-corrected chi connectivity index (χ4v) is 4.99. The monoisotopic (exact) mass is 425 g/mol. The summed E-state index contributed by atoms with van der Waals surface area (Å²) in [4.78, 5) is 26.6. The summed E-state index contributed by atoms with van der Waals surface area (Å²) in [6.07, 6.45) is 3.25. The number of thiophene rings is 1. The molecule has 2 aromatic heterocycles. The second kappa shape index (κ2) is 9.36. The molecule has 3 rings (SSSR count). The van der Waals surface area contributed by atoms with Crippen LogP contribution in [0, 0.1) is 13.8 Å². The number of thiocarbonyl (C=S) groups is 1. The summed E-state index contributed by atoms with van der Waals surface area (Å²) in [5.41, 5.74) is 1.02. The molecule has 0 bridgehead atoms. The van der Waals surface area contributed by atoms with E-state index in [1.807, 2.05) is 25.6 Å². The highest BCUT2D eigenvalue weighted by molar-refractivity contribution is 7.98. The molecule has 1 aliphatic rings. The summed E-state index contributed by atoms with van der Waals surface area (Å²) in [5.74, 6) is 1.90. The van der Waals surface area contributed by atoms with Gasteiger partial charge in [0.25, 0.3) is 5.56 Å². The summed E-state index contributed by atoms with van der Waals surface area (Å²) >= 11 is 8.97. The molecule has 0 radical (unpaired) electrons. The van der Waals surface area contributed by atoms with E-state index in [-0.39, 0.29) is 5.56 Å². The molecule has 6 nitrogen and oxygen atoms in total. The quantitative estimate of drug-likeness (QED) is 0.544. The lowest BCUT2D eigenvalue weighted by atomic mass is 10.2. The van der Waals surface area contributed by atoms with Crippen LogP contribution >= 0.6 is 35.3 Å². The second-order valence-corrected chi connectivity index (χ2v) is 9.39. The van der Waals surface area contributed by atoms with Crippen LogP contribution in [0.25, 0.3) is 10.2 Å². The van der Waals surface area contributed by atoms with Gasteiger partial charge < -0.3 is 15.2 Å². The van der Waals surface area contributed by atoms with E-state index in [9.17, 15) is 4.79 Å². The number of aromatic nitrogens is 2. The van der Waals surface area contributed by atoms with Gasteiger partial charge in [0.15, 0.2) is 5.11 Å². The fraction of sp³-hybridized carbons (Fsp3) is 0.611. The molecule has 3 heterocycles. The van der Waals surface area contributed by atoms with Crippen molar-refractivity contribution in [2.24, 2.45) is 0 Å². The zero-order chi connectivity index (χ0) is 19.4. The predicted octanol–water partition coefficient (Wildman–Crippen LogP) is 2.35. The molecular weight excluding hydrogens is 398 g/mol. The minimum Gasteiger partial charge on any atom is -0.363 e. The Balaban J connectivity index is 1.54. The average molecular weight is 426 g/mol. The van der Waals surface area contributed by atoms with E-state index in [2.05, 4.69) is 26.4 Å². The summed E-state index contributed by atoms with van der Waals surface area (Å²) in [6.45, 7) is 9.26. The maximum absolute atomic E-state index is 12.4. The third-order valence-electron chi connectivity index (χ3n) is 4.92. The Morgan fingerprint density at radius 3 is 2.78 bits per heavy atom. The van der Waals surface area contributed by atoms with Gasteiger partial charge in [-0.15, -0.1) is 11.3 Å². The SMILES string of the molecule is CSCCCNC(=S)N1CCN(Cc2nc3sc(C)c(C)c3c(=O)[nH]2)CC1. The Kier molecular flexibility index (Phi) is 7.13. The van der Waals surface area contributed by atoms with E-state index < -0.39 is 0 Å². The first-order valence-electron chi connectivity index (χ1n) is 9.22. The van der Waals surface area contributed by atoms with E-state index in [1.165, 1.54) is 0 Å². The number of hydrogen-bond acceptors (Lipinski definition) is 6. The predicted molar refractivity (Wildman–Crippen MR) is 120 cm³/mol. The van der Waals surface area contributed by atoms with Crippen molar-refractivity contribution in [2.45, 2.75) is 26.8 Å². The van der Waals surface area contributed by atoms with Crippen LogP contribution in [-0.2, 0) is 6.54 Å². The first kappa shape index (κ1) is 20.6. The zero-order valence-electron chi connectivity index (χ0n) is 16.1. The topological polar surface area (TPSA) is 64.3 Å². The van der Waals surface area contributed by atoms with Crippen LogP contribution in [0.4, 0.5) is 0 Å². The molecule has 0 aromatic carbocycles. The number of aryl methyl sites for hydroxylation is 2. The highest BCUT2D eigenvalue weighted by Gasteiger charge is 2.20. The van der Waals surface area contributed by atoms with Crippen molar-refractivity contribution in [3.05, 3.63) is 26.6 Å². The Morgan fingerprint density at radius 1 is 1.33 bits per heavy atom. The van der Waals surface area contributed by atoms with Gasteiger partial charge >= 0.3 is 0 Å². The molecule has 0 atom stereocenters. The highest BCUT2D eigenvalue weighted by Crippen LogP contribution is 2.25. The van der Waals surface area contributed by atoms with Gasteiger partial charge in [-0.2, -0.15) is 11.8 Å². The maximum atomic E-state index is 12.4. The van der Waals surface area contributed by atoms with Crippen LogP contribution in [0.1, 0.15) is 22.7 Å². The molecule has 1 aliphatic heterocycles. The Bertz CT molecular complexity index is 855. The van der Waals surface area contributed by atoms with Gasteiger partial charge in [-0.1, -0.05) is 0 Å². The van der Waals surface area contributed by atoms with E-state index in [0.29, 0.717) is 6.54 Å². The standard InChI is InChI=1S/C18H27N5OS3/c1-12-13(2)27-17-15(12)16(24)20-14(21-17)11-22-6-8-23(9-7-22)18(25)19-5-4-10-26-3/h4-11H2,1-3H3,(H,19,25)(H,20,21,24). The minimum atomic E-state index is -0.0221. The molecule has 0 unspecified atom stereocenters. The molecule has 2 aromatic rings. The molecular formula is C18H27N5OS3. The number of nitrogens with one attached hydrogen (secondary N) is 2. The van der Waals surface area contributed by atoms with Gasteiger partial charge in [-0.05, 0) is 50.1 Å². The van der Waals surface area contributed by atoms with Crippen molar-refractivity contribution in [1.29, 1.82) is 0 Å². The molecule has 27 heavy (non-hydrogen) atoms. The van der Waals surface area contributed by atoms with E-state index in [4.69, 9.17) is 17.2 Å². The molecule has 0 aliphatic carbocycles. The van der Waals surface area contributed by atoms with Gasteiger partial charge in [0.1, 0.15) is 10.7 Å². The van der Waals surface area contributed by atoms with Crippen LogP contribution in [-0.4, -0.2) is 69.6 Å². The van der Waals surface area contributed by atoms with Crippen molar-refractivity contribution in [3.8, 4) is 0 Å². The summed E-state index contributed by atoms with van der Waals surface area (Å²) in [5, 5.41) is 4.95. The van der Waals surface area contributed by atoms with Crippen molar-refractivity contribution in [2.75, 3.05) is 44.7 Å². The molecule has 148 valence electrons. The summed E-state index contributed by atoms with van der Waals surface area (Å²) in [7, 11) is 0. The number of piperazine rings is 1. The first-order chi connectivity index (χ1) is 13.0. The van der Waals surface area contributed by atoms with Crippen LogP contribution in [0.2, 0.25) is 0 Å². The van der Waals surface area contributed by atoms with Crippen LogP contribution in [0.15, 0.2) is 4.79 Å². The number of aromatic amines is 1. The molecule has 0 saturated carbocycles. The van der Waals surface area contributed by atoms with Crippen molar-refractivity contribution < 1.29 is 0 Å². The normalized spacial score (nSPS) is 15.4. The van der Waals surface area contributed by atoms with Gasteiger partial charge in [0.2, 0.25) is 0 Å². The minimum absolute atomic E-state index is 0.0221. The lowest BCUT2D eigenvalue weighted by Gasteiger charge is -2.35. The van der Waals surface area contributed by atoms with Gasteiger partial charge in [-0.3, -0.25) is 9.69 Å². The maximum Gasteiger partial charge on any atom is 0.259 e. The molecule has 2 N–H and O–H groups in total. The average Bonchev–Trinajstić information content (AvgIpc) is 2.93. The molecule has 0 spiro atoms. The van der Waals surface area contributed by atoms with Crippen molar-refractivity contribution in [1.82, 2.24) is 25.1 Å². The lowest BCUT2D eigenvalue weighted by molar-refractivity contribution is 0.171. The molecule has 1 fully saturated rings. The van der Waals surface area contributed by atoms with Crippen LogP contribution in [0.5, 0.6) is 0 Å². The van der Waals surface area contributed by atoms with Crippen molar-refractivity contribution >= 4 is 50.6 Å². The molecule has 9 heteroatoms. The largest absolute Gasteiger partial charge is 0.363 e. The molecule has 0 amide bonds. The third-order valence-corrected chi connectivity index (χ3v) is 7.12. The van der Waals surface area contributed by atoms with Crippen LogP contribution in [0.3, 0.4) is 0 Å². The number of rotatable bonds is 6. The Hall–Kier alpha value is -1.16. The number of thioether (sulfide) groups is 1.